The molecule has 0 aliphatic carbocycles. The van der Waals surface area contributed by atoms with Gasteiger partial charge in [-0.15, -0.1) is 0 Å². The monoisotopic (exact) mass is 592 g/mol. The number of aromatic nitrogens is 1. The third kappa shape index (κ3) is 6.32. The Bertz CT molecular complexity index is 1650. The number of amides is 2. The summed E-state index contributed by atoms with van der Waals surface area (Å²) in [7, 11) is 0. The summed E-state index contributed by atoms with van der Waals surface area (Å²) in [6.45, 7) is 2.22. The van der Waals surface area contributed by atoms with Gasteiger partial charge in [0.1, 0.15) is 23.9 Å². The molecule has 8 nitrogen and oxygen atoms in total. The minimum Gasteiger partial charge on any atom is -0.493 e. The Balaban J connectivity index is 1.53. The third-order valence-corrected chi connectivity index (χ3v) is 6.59. The van der Waals surface area contributed by atoms with Gasteiger partial charge >= 0.3 is 0 Å². The molecule has 0 saturated carbocycles. The van der Waals surface area contributed by atoms with Gasteiger partial charge in [0.15, 0.2) is 0 Å². The van der Waals surface area contributed by atoms with Crippen LogP contribution in [0, 0.1) is 5.82 Å². The van der Waals surface area contributed by atoms with Gasteiger partial charge in [0.05, 0.1) is 34.2 Å². The van der Waals surface area contributed by atoms with Crippen molar-refractivity contribution in [3.05, 3.63) is 117 Å². The molecule has 2 heterocycles. The van der Waals surface area contributed by atoms with Gasteiger partial charge in [-0.2, -0.15) is 0 Å². The largest absolute Gasteiger partial charge is 0.493 e. The second-order valence-electron chi connectivity index (χ2n) is 8.87. The minimum atomic E-state index is -1.42. The maximum atomic E-state index is 14.3. The summed E-state index contributed by atoms with van der Waals surface area (Å²) in [5, 5.41) is 5.99. The van der Waals surface area contributed by atoms with Gasteiger partial charge < -0.3 is 20.1 Å². The zero-order chi connectivity index (χ0) is 28.9. The smallest absolute Gasteiger partial charge is 0.269 e. The molecule has 3 aromatic carbocycles. The van der Waals surface area contributed by atoms with Crippen molar-refractivity contribution >= 4 is 46.4 Å². The van der Waals surface area contributed by atoms with Gasteiger partial charge in [-0.3, -0.25) is 14.6 Å². The summed E-state index contributed by atoms with van der Waals surface area (Å²) in [5.41, 5.74) is 2.33. The van der Waals surface area contributed by atoms with E-state index in [1.165, 1.54) is 12.1 Å². The van der Waals surface area contributed by atoms with Gasteiger partial charge in [0.2, 0.25) is 6.17 Å². The molecular formula is C30H23Cl2FN4O4. The zero-order valence-corrected chi connectivity index (χ0v) is 23.2. The fraction of sp³-hybridized carbons (Fsp3) is 0.133. The number of halogens is 3. The normalized spacial score (nSPS) is 14.3. The molecule has 2 amide bonds. The fourth-order valence-electron chi connectivity index (χ4n) is 4.26. The molecule has 1 unspecified atom stereocenters. The fourth-order valence-corrected chi connectivity index (χ4v) is 4.82. The number of carbonyl (C=O) groups is 2. The predicted octanol–water partition coefficient (Wildman–Crippen LogP) is 6.05. The van der Waals surface area contributed by atoms with Crippen LogP contribution in [0.3, 0.4) is 0 Å². The minimum absolute atomic E-state index is 0.0938. The number of anilines is 1. The first kappa shape index (κ1) is 28.1. The number of rotatable bonds is 8. The second-order valence-corrected chi connectivity index (χ2v) is 9.72. The van der Waals surface area contributed by atoms with Crippen molar-refractivity contribution in [2.45, 2.75) is 19.7 Å². The van der Waals surface area contributed by atoms with Crippen LogP contribution in [0.2, 0.25) is 10.0 Å². The van der Waals surface area contributed by atoms with Crippen LogP contribution in [0.15, 0.2) is 84.1 Å². The molecule has 11 heteroatoms. The van der Waals surface area contributed by atoms with Crippen LogP contribution in [0.5, 0.6) is 11.5 Å². The summed E-state index contributed by atoms with van der Waals surface area (Å²) in [6, 6.07) is 17.2. The van der Waals surface area contributed by atoms with E-state index in [1.54, 1.807) is 60.9 Å². The van der Waals surface area contributed by atoms with E-state index in [2.05, 4.69) is 20.6 Å². The molecule has 2 N–H and O–H groups in total. The van der Waals surface area contributed by atoms with Crippen molar-refractivity contribution in [3.8, 4) is 11.5 Å². The Kier molecular flexibility index (Phi) is 8.47. The first-order valence-corrected chi connectivity index (χ1v) is 13.3. The first-order chi connectivity index (χ1) is 19.8. The van der Waals surface area contributed by atoms with Crippen LogP contribution in [-0.2, 0) is 11.4 Å². The summed E-state index contributed by atoms with van der Waals surface area (Å²) in [5.74, 6) is -1.56. The Morgan fingerprint density at radius 2 is 1.88 bits per heavy atom. The SMILES string of the molecule is CCOc1cc(Cl)cc(Cl)c1C1=NC(NC(=O)c2cc(F)ccc2OCc2cccnc2)C(=O)Nc2ccccc21. The van der Waals surface area contributed by atoms with Crippen molar-refractivity contribution in [2.24, 2.45) is 4.99 Å². The molecule has 208 valence electrons. The molecule has 0 spiro atoms. The number of ether oxygens (including phenoxy) is 2. The van der Waals surface area contributed by atoms with Crippen LogP contribution in [0.1, 0.15) is 34.0 Å². The summed E-state index contributed by atoms with van der Waals surface area (Å²) in [4.78, 5) is 35.4. The molecule has 0 radical (unpaired) electrons. The number of aliphatic imine (C=N–C) groups is 1. The number of benzodiazepines with no additional fused rings is 1. The van der Waals surface area contributed by atoms with Gasteiger partial charge in [-0.25, -0.2) is 9.38 Å². The highest BCUT2D eigenvalue weighted by atomic mass is 35.5. The Hall–Kier alpha value is -4.47. The predicted molar refractivity (Wildman–Crippen MR) is 155 cm³/mol. The topological polar surface area (TPSA) is 102 Å². The van der Waals surface area contributed by atoms with Crippen LogP contribution >= 0.6 is 23.2 Å². The molecule has 4 aromatic rings. The molecule has 5 rings (SSSR count). The lowest BCUT2D eigenvalue weighted by molar-refractivity contribution is -0.117. The standard InChI is InChI=1S/C30H23Cl2FN4O4/c1-2-40-25-13-18(31)12-22(32)26(25)27-20-7-3-4-8-23(20)35-30(39)28(36-27)37-29(38)21-14-19(33)9-10-24(21)41-16-17-6-5-11-34-15-17/h3-15,28H,2,16H2,1H3,(H,35,39)(H,37,38). The highest BCUT2D eigenvalue weighted by Gasteiger charge is 2.30. The molecule has 0 fully saturated rings. The van der Waals surface area contributed by atoms with E-state index in [0.29, 0.717) is 39.9 Å². The van der Waals surface area contributed by atoms with Crippen LogP contribution in [-0.4, -0.2) is 35.3 Å². The van der Waals surface area contributed by atoms with Crippen molar-refractivity contribution in [2.75, 3.05) is 11.9 Å². The van der Waals surface area contributed by atoms with E-state index in [4.69, 9.17) is 32.7 Å². The second kappa shape index (κ2) is 12.4. The van der Waals surface area contributed by atoms with Crippen LogP contribution in [0.25, 0.3) is 0 Å². The average molecular weight is 593 g/mol. The molecule has 41 heavy (non-hydrogen) atoms. The summed E-state index contributed by atoms with van der Waals surface area (Å²) in [6.07, 6.45) is 1.83. The molecule has 1 aliphatic rings. The number of fused-ring (bicyclic) bond motifs is 1. The quantitative estimate of drug-likeness (QED) is 0.259. The van der Waals surface area contributed by atoms with Crippen LogP contribution < -0.4 is 20.1 Å². The molecule has 1 atom stereocenters. The van der Waals surface area contributed by atoms with Gasteiger partial charge in [-0.05, 0) is 49.4 Å². The van der Waals surface area contributed by atoms with Crippen molar-refractivity contribution in [3.63, 3.8) is 0 Å². The summed E-state index contributed by atoms with van der Waals surface area (Å²) >= 11 is 12.9. The molecule has 1 aromatic heterocycles. The number of nitrogens with zero attached hydrogens (tertiary/aromatic N) is 2. The molecule has 0 saturated heterocycles. The van der Waals surface area contributed by atoms with Crippen molar-refractivity contribution in [1.82, 2.24) is 10.3 Å². The highest BCUT2D eigenvalue weighted by molar-refractivity contribution is 6.39. The third-order valence-electron chi connectivity index (χ3n) is 6.07. The van der Waals surface area contributed by atoms with E-state index in [-0.39, 0.29) is 22.9 Å². The van der Waals surface area contributed by atoms with E-state index in [0.717, 1.165) is 11.6 Å². The number of hydrogen-bond acceptors (Lipinski definition) is 6. The number of carbonyl (C=O) groups excluding carboxylic acids is 2. The van der Waals surface area contributed by atoms with E-state index in [1.807, 2.05) is 6.92 Å². The zero-order valence-electron chi connectivity index (χ0n) is 21.7. The van der Waals surface area contributed by atoms with Crippen molar-refractivity contribution < 1.29 is 23.5 Å². The van der Waals surface area contributed by atoms with E-state index < -0.39 is 23.8 Å². The van der Waals surface area contributed by atoms with Crippen LogP contribution in [0.4, 0.5) is 10.1 Å². The lowest BCUT2D eigenvalue weighted by Gasteiger charge is -2.17. The lowest BCUT2D eigenvalue weighted by Crippen LogP contribution is -2.42. The Morgan fingerprint density at radius 3 is 2.66 bits per heavy atom. The molecular weight excluding hydrogens is 570 g/mol. The average Bonchev–Trinajstić information content (AvgIpc) is 3.08. The Morgan fingerprint density at radius 1 is 1.05 bits per heavy atom. The number of benzene rings is 3. The maximum Gasteiger partial charge on any atom is 0.269 e. The number of pyridine rings is 1. The molecule has 0 bridgehead atoms. The van der Waals surface area contributed by atoms with E-state index >= 15 is 0 Å². The number of para-hydroxylation sites is 1. The molecule has 1 aliphatic heterocycles. The van der Waals surface area contributed by atoms with Gasteiger partial charge in [-0.1, -0.05) is 47.5 Å². The summed E-state index contributed by atoms with van der Waals surface area (Å²) < 4.78 is 25.9. The first-order valence-electron chi connectivity index (χ1n) is 12.6. The van der Waals surface area contributed by atoms with E-state index in [9.17, 15) is 14.0 Å². The number of nitrogens with one attached hydrogen (secondary N) is 2. The lowest BCUT2D eigenvalue weighted by atomic mass is 9.99. The highest BCUT2D eigenvalue weighted by Crippen LogP contribution is 2.36. The Labute approximate surface area is 245 Å². The number of hydrogen-bond donors (Lipinski definition) is 2. The van der Waals surface area contributed by atoms with Gasteiger partial charge in [0, 0.05) is 28.5 Å². The maximum absolute atomic E-state index is 14.3. The van der Waals surface area contributed by atoms with Crippen molar-refractivity contribution in [1.29, 1.82) is 0 Å². The van der Waals surface area contributed by atoms with Gasteiger partial charge in [0.25, 0.3) is 11.8 Å².